The minimum absolute atomic E-state index is 0.367. The third-order valence-electron chi connectivity index (χ3n) is 4.44. The van der Waals surface area contributed by atoms with Gasteiger partial charge in [0, 0.05) is 12.6 Å². The zero-order valence-corrected chi connectivity index (χ0v) is 14.2. The molecule has 0 amide bonds. The van der Waals surface area contributed by atoms with Crippen molar-refractivity contribution in [2.75, 3.05) is 0 Å². The van der Waals surface area contributed by atoms with Crippen LogP contribution in [0.25, 0.3) is 0 Å². The minimum atomic E-state index is 0.367. The molecular formula is C20H27N. The molecule has 0 heterocycles. The zero-order chi connectivity index (χ0) is 15.6. The van der Waals surface area contributed by atoms with Gasteiger partial charge in [0.1, 0.15) is 0 Å². The average molecular weight is 281 g/mol. The first-order valence-corrected chi connectivity index (χ1v) is 7.75. The number of rotatable bonds is 4. The maximum absolute atomic E-state index is 3.66. The van der Waals surface area contributed by atoms with Crippen molar-refractivity contribution in [3.8, 4) is 0 Å². The maximum Gasteiger partial charge on any atom is 0.0297 e. The lowest BCUT2D eigenvalue weighted by atomic mass is 9.98. The van der Waals surface area contributed by atoms with E-state index in [9.17, 15) is 0 Å². The third kappa shape index (κ3) is 3.74. The van der Waals surface area contributed by atoms with Gasteiger partial charge in [0.25, 0.3) is 0 Å². The van der Waals surface area contributed by atoms with E-state index in [-0.39, 0.29) is 0 Å². The third-order valence-corrected chi connectivity index (χ3v) is 4.44. The van der Waals surface area contributed by atoms with E-state index in [0.717, 1.165) is 6.54 Å². The highest BCUT2D eigenvalue weighted by atomic mass is 14.9. The molecule has 1 atom stereocenters. The number of nitrogens with one attached hydrogen (secondary N) is 1. The molecule has 0 bridgehead atoms. The SMILES string of the molecule is Cc1ccc(C(C)NCc2cc(C)c(C)cc2C)c(C)c1. The fourth-order valence-electron chi connectivity index (χ4n) is 2.90. The molecule has 1 nitrogen and oxygen atoms in total. The Kier molecular flexibility index (Phi) is 4.84. The fourth-order valence-corrected chi connectivity index (χ4v) is 2.90. The summed E-state index contributed by atoms with van der Waals surface area (Å²) < 4.78 is 0. The van der Waals surface area contributed by atoms with Crippen molar-refractivity contribution < 1.29 is 0 Å². The van der Waals surface area contributed by atoms with E-state index in [1.165, 1.54) is 38.9 Å². The Bertz CT molecular complexity index is 641. The van der Waals surface area contributed by atoms with Gasteiger partial charge in [-0.05, 0) is 74.9 Å². The number of aryl methyl sites for hydroxylation is 5. The Hall–Kier alpha value is -1.60. The summed E-state index contributed by atoms with van der Waals surface area (Å²) in [6.07, 6.45) is 0. The van der Waals surface area contributed by atoms with Gasteiger partial charge in [0.05, 0.1) is 0 Å². The van der Waals surface area contributed by atoms with E-state index in [4.69, 9.17) is 0 Å². The van der Waals surface area contributed by atoms with E-state index in [1.54, 1.807) is 0 Å². The first-order valence-electron chi connectivity index (χ1n) is 7.75. The maximum atomic E-state index is 3.66. The molecule has 0 saturated heterocycles. The van der Waals surface area contributed by atoms with E-state index in [2.05, 4.69) is 77.2 Å². The second-order valence-corrected chi connectivity index (χ2v) is 6.33. The van der Waals surface area contributed by atoms with Crippen molar-refractivity contribution in [3.05, 3.63) is 69.3 Å². The predicted octanol–water partition coefficient (Wildman–Crippen LogP) is 5.08. The monoisotopic (exact) mass is 281 g/mol. The summed E-state index contributed by atoms with van der Waals surface area (Å²) in [5.41, 5.74) is 9.60. The molecule has 112 valence electrons. The zero-order valence-electron chi connectivity index (χ0n) is 14.2. The summed E-state index contributed by atoms with van der Waals surface area (Å²) in [7, 11) is 0. The Balaban J connectivity index is 2.11. The van der Waals surface area contributed by atoms with Crippen LogP contribution in [0.1, 0.15) is 51.9 Å². The molecule has 1 heteroatoms. The first-order chi connectivity index (χ1) is 9.88. The van der Waals surface area contributed by atoms with Gasteiger partial charge in [-0.25, -0.2) is 0 Å². The van der Waals surface area contributed by atoms with Gasteiger partial charge in [-0.2, -0.15) is 0 Å². The smallest absolute Gasteiger partial charge is 0.0297 e. The largest absolute Gasteiger partial charge is 0.306 e. The van der Waals surface area contributed by atoms with E-state index in [1.807, 2.05) is 0 Å². The molecule has 2 aromatic carbocycles. The van der Waals surface area contributed by atoms with Gasteiger partial charge in [-0.1, -0.05) is 35.9 Å². The molecule has 1 N–H and O–H groups in total. The first kappa shape index (κ1) is 15.8. The lowest BCUT2D eigenvalue weighted by molar-refractivity contribution is 0.570. The van der Waals surface area contributed by atoms with E-state index >= 15 is 0 Å². The Morgan fingerprint density at radius 3 is 2.14 bits per heavy atom. The second kappa shape index (κ2) is 6.44. The molecule has 0 aliphatic heterocycles. The van der Waals surface area contributed by atoms with Crippen LogP contribution in [0.2, 0.25) is 0 Å². The molecule has 0 saturated carbocycles. The summed E-state index contributed by atoms with van der Waals surface area (Å²) in [4.78, 5) is 0. The van der Waals surface area contributed by atoms with Crippen LogP contribution >= 0.6 is 0 Å². The van der Waals surface area contributed by atoms with Gasteiger partial charge < -0.3 is 5.32 Å². The average Bonchev–Trinajstić information content (AvgIpc) is 2.41. The summed E-state index contributed by atoms with van der Waals surface area (Å²) in [6.45, 7) is 14.1. The lowest BCUT2D eigenvalue weighted by Crippen LogP contribution is -2.19. The Morgan fingerprint density at radius 1 is 0.810 bits per heavy atom. The lowest BCUT2D eigenvalue weighted by Gasteiger charge is -2.18. The Morgan fingerprint density at radius 2 is 1.48 bits per heavy atom. The van der Waals surface area contributed by atoms with Gasteiger partial charge in [0.2, 0.25) is 0 Å². The molecule has 0 fully saturated rings. The Labute approximate surface area is 129 Å². The highest BCUT2D eigenvalue weighted by molar-refractivity contribution is 5.37. The molecule has 1 unspecified atom stereocenters. The van der Waals surface area contributed by atoms with Crippen molar-refractivity contribution in [1.82, 2.24) is 5.32 Å². The van der Waals surface area contributed by atoms with Crippen molar-refractivity contribution in [3.63, 3.8) is 0 Å². The molecule has 0 radical (unpaired) electrons. The van der Waals surface area contributed by atoms with E-state index < -0.39 is 0 Å². The summed E-state index contributed by atoms with van der Waals surface area (Å²) >= 11 is 0. The molecule has 0 aromatic heterocycles. The molecule has 0 aliphatic rings. The fraction of sp³-hybridized carbons (Fsp3) is 0.400. The molecule has 21 heavy (non-hydrogen) atoms. The molecular weight excluding hydrogens is 254 g/mol. The van der Waals surface area contributed by atoms with Gasteiger partial charge in [-0.3, -0.25) is 0 Å². The van der Waals surface area contributed by atoms with Crippen LogP contribution in [0.5, 0.6) is 0 Å². The number of benzene rings is 2. The number of hydrogen-bond donors (Lipinski definition) is 1. The van der Waals surface area contributed by atoms with Crippen molar-refractivity contribution in [1.29, 1.82) is 0 Å². The summed E-state index contributed by atoms with van der Waals surface area (Å²) in [5.74, 6) is 0. The van der Waals surface area contributed by atoms with E-state index in [0.29, 0.717) is 6.04 Å². The molecule has 0 aliphatic carbocycles. The topological polar surface area (TPSA) is 12.0 Å². The normalized spacial score (nSPS) is 12.5. The summed E-state index contributed by atoms with van der Waals surface area (Å²) in [6, 6.07) is 11.7. The van der Waals surface area contributed by atoms with Crippen LogP contribution < -0.4 is 5.32 Å². The number of hydrogen-bond acceptors (Lipinski definition) is 1. The highest BCUT2D eigenvalue weighted by Crippen LogP contribution is 2.20. The minimum Gasteiger partial charge on any atom is -0.306 e. The van der Waals surface area contributed by atoms with Crippen LogP contribution in [0.4, 0.5) is 0 Å². The summed E-state index contributed by atoms with van der Waals surface area (Å²) in [5, 5.41) is 3.66. The molecule has 2 aromatic rings. The second-order valence-electron chi connectivity index (χ2n) is 6.33. The van der Waals surface area contributed by atoms with Gasteiger partial charge in [0.15, 0.2) is 0 Å². The standard InChI is InChI=1S/C20H27N/c1-13-7-8-20(17(5)9-13)18(6)21-12-19-11-15(3)14(2)10-16(19)4/h7-11,18,21H,12H2,1-6H3. The van der Waals surface area contributed by atoms with Gasteiger partial charge in [-0.15, -0.1) is 0 Å². The quantitative estimate of drug-likeness (QED) is 0.824. The highest BCUT2D eigenvalue weighted by Gasteiger charge is 2.09. The van der Waals surface area contributed by atoms with Crippen LogP contribution in [0, 0.1) is 34.6 Å². The molecule has 2 rings (SSSR count). The van der Waals surface area contributed by atoms with Crippen LogP contribution in [-0.2, 0) is 6.54 Å². The van der Waals surface area contributed by atoms with Gasteiger partial charge >= 0.3 is 0 Å². The van der Waals surface area contributed by atoms with Crippen LogP contribution in [0.3, 0.4) is 0 Å². The van der Waals surface area contributed by atoms with Crippen molar-refractivity contribution in [2.24, 2.45) is 0 Å². The van der Waals surface area contributed by atoms with Crippen molar-refractivity contribution in [2.45, 2.75) is 54.1 Å². The van der Waals surface area contributed by atoms with Crippen LogP contribution in [-0.4, -0.2) is 0 Å². The molecule has 0 spiro atoms. The predicted molar refractivity (Wildman–Crippen MR) is 91.8 cm³/mol. The van der Waals surface area contributed by atoms with Crippen molar-refractivity contribution >= 4 is 0 Å². The van der Waals surface area contributed by atoms with Crippen LogP contribution in [0.15, 0.2) is 30.3 Å².